The summed E-state index contributed by atoms with van der Waals surface area (Å²) in [5.74, 6) is -0.636. The third kappa shape index (κ3) is 4.34. The SMILES string of the molecule is COC(=O)C(CNCC1(C)CCC1)NC(C)=O. The highest BCUT2D eigenvalue weighted by Gasteiger charge is 2.31. The molecule has 98 valence electrons. The maximum atomic E-state index is 11.4. The third-order valence-corrected chi connectivity index (χ3v) is 3.32. The molecule has 0 spiro atoms. The van der Waals surface area contributed by atoms with E-state index in [9.17, 15) is 9.59 Å². The lowest BCUT2D eigenvalue weighted by molar-refractivity contribution is -0.144. The molecular formula is C12H22N2O3. The largest absolute Gasteiger partial charge is 0.467 e. The minimum atomic E-state index is -0.596. The molecular weight excluding hydrogens is 220 g/mol. The van der Waals surface area contributed by atoms with Crippen molar-refractivity contribution in [2.45, 2.75) is 39.2 Å². The van der Waals surface area contributed by atoms with Gasteiger partial charge in [-0.25, -0.2) is 4.79 Å². The van der Waals surface area contributed by atoms with Crippen LogP contribution in [-0.4, -0.2) is 38.1 Å². The van der Waals surface area contributed by atoms with Crippen LogP contribution in [0.15, 0.2) is 0 Å². The van der Waals surface area contributed by atoms with E-state index in [-0.39, 0.29) is 5.91 Å². The fourth-order valence-electron chi connectivity index (χ4n) is 2.06. The van der Waals surface area contributed by atoms with Gasteiger partial charge in [0.15, 0.2) is 0 Å². The van der Waals surface area contributed by atoms with E-state index in [4.69, 9.17) is 0 Å². The molecule has 1 amide bonds. The fraction of sp³-hybridized carbons (Fsp3) is 0.833. The van der Waals surface area contributed by atoms with Crippen LogP contribution in [0.25, 0.3) is 0 Å². The summed E-state index contributed by atoms with van der Waals surface area (Å²) in [6.45, 7) is 4.92. The Labute approximate surface area is 102 Å². The molecule has 1 unspecified atom stereocenters. The predicted octanol–water partition coefficient (Wildman–Crippen LogP) is 0.444. The Morgan fingerprint density at radius 2 is 2.06 bits per heavy atom. The second-order valence-electron chi connectivity index (χ2n) is 5.07. The highest BCUT2D eigenvalue weighted by molar-refractivity contribution is 5.83. The Kier molecular flexibility index (Phi) is 4.93. The van der Waals surface area contributed by atoms with Crippen LogP contribution in [-0.2, 0) is 14.3 Å². The number of carbonyl (C=O) groups excluding carboxylic acids is 2. The quantitative estimate of drug-likeness (QED) is 0.663. The summed E-state index contributed by atoms with van der Waals surface area (Å²) in [7, 11) is 1.32. The zero-order chi connectivity index (χ0) is 12.9. The molecule has 0 heterocycles. The molecule has 0 aromatic carbocycles. The van der Waals surface area contributed by atoms with Crippen molar-refractivity contribution in [3.8, 4) is 0 Å². The summed E-state index contributed by atoms with van der Waals surface area (Å²) in [5, 5.41) is 5.81. The molecule has 5 nitrogen and oxygen atoms in total. The number of methoxy groups -OCH3 is 1. The van der Waals surface area contributed by atoms with E-state index in [2.05, 4.69) is 22.3 Å². The summed E-state index contributed by atoms with van der Waals surface area (Å²) in [4.78, 5) is 22.4. The van der Waals surface area contributed by atoms with Crippen molar-refractivity contribution >= 4 is 11.9 Å². The second kappa shape index (κ2) is 6.00. The van der Waals surface area contributed by atoms with Crippen LogP contribution in [0.2, 0.25) is 0 Å². The molecule has 1 aliphatic rings. The predicted molar refractivity (Wildman–Crippen MR) is 64.4 cm³/mol. The van der Waals surface area contributed by atoms with E-state index in [1.165, 1.54) is 33.3 Å². The van der Waals surface area contributed by atoms with Crippen LogP contribution in [0, 0.1) is 5.41 Å². The molecule has 0 aromatic rings. The van der Waals surface area contributed by atoms with Crippen molar-refractivity contribution < 1.29 is 14.3 Å². The molecule has 1 aliphatic carbocycles. The van der Waals surface area contributed by atoms with E-state index in [0.29, 0.717) is 12.0 Å². The van der Waals surface area contributed by atoms with E-state index in [1.807, 2.05) is 0 Å². The van der Waals surface area contributed by atoms with Crippen molar-refractivity contribution in [1.29, 1.82) is 0 Å². The Bertz CT molecular complexity index is 287. The maximum Gasteiger partial charge on any atom is 0.329 e. The molecule has 0 bridgehead atoms. The van der Waals surface area contributed by atoms with E-state index in [1.54, 1.807) is 0 Å². The second-order valence-corrected chi connectivity index (χ2v) is 5.07. The molecule has 0 aliphatic heterocycles. The van der Waals surface area contributed by atoms with E-state index >= 15 is 0 Å². The number of ether oxygens (including phenoxy) is 1. The molecule has 1 fully saturated rings. The van der Waals surface area contributed by atoms with E-state index in [0.717, 1.165) is 6.54 Å². The molecule has 5 heteroatoms. The van der Waals surface area contributed by atoms with Crippen LogP contribution in [0.3, 0.4) is 0 Å². The van der Waals surface area contributed by atoms with Gasteiger partial charge in [-0.05, 0) is 18.3 Å². The Morgan fingerprint density at radius 1 is 1.41 bits per heavy atom. The summed E-state index contributed by atoms with van der Waals surface area (Å²) in [6.07, 6.45) is 3.73. The molecule has 0 radical (unpaired) electrons. The van der Waals surface area contributed by atoms with E-state index < -0.39 is 12.0 Å². The number of amides is 1. The van der Waals surface area contributed by atoms with Gasteiger partial charge >= 0.3 is 5.97 Å². The number of carbonyl (C=O) groups is 2. The number of esters is 1. The van der Waals surface area contributed by atoms with Crippen molar-refractivity contribution in [3.63, 3.8) is 0 Å². The summed E-state index contributed by atoms with van der Waals surface area (Å²) in [5.41, 5.74) is 0.358. The van der Waals surface area contributed by atoms with Gasteiger partial charge in [0.25, 0.3) is 0 Å². The van der Waals surface area contributed by atoms with Gasteiger partial charge in [0, 0.05) is 20.0 Å². The molecule has 0 saturated heterocycles. The lowest BCUT2D eigenvalue weighted by atomic mass is 9.70. The monoisotopic (exact) mass is 242 g/mol. The number of nitrogens with one attached hydrogen (secondary N) is 2. The lowest BCUT2D eigenvalue weighted by Crippen LogP contribution is -2.49. The summed E-state index contributed by atoms with van der Waals surface area (Å²) >= 11 is 0. The maximum absolute atomic E-state index is 11.4. The first-order chi connectivity index (χ1) is 7.97. The first-order valence-corrected chi connectivity index (χ1v) is 6.02. The number of hydrogen-bond donors (Lipinski definition) is 2. The smallest absolute Gasteiger partial charge is 0.329 e. The molecule has 1 rings (SSSR count). The van der Waals surface area contributed by atoms with Gasteiger partial charge in [0.2, 0.25) is 5.91 Å². The molecule has 17 heavy (non-hydrogen) atoms. The summed E-state index contributed by atoms with van der Waals surface area (Å²) < 4.78 is 4.64. The van der Waals surface area contributed by atoms with Crippen molar-refractivity contribution in [1.82, 2.24) is 10.6 Å². The minimum absolute atomic E-state index is 0.225. The highest BCUT2D eigenvalue weighted by Crippen LogP contribution is 2.39. The first-order valence-electron chi connectivity index (χ1n) is 6.02. The van der Waals surface area contributed by atoms with Crippen molar-refractivity contribution in [2.75, 3.05) is 20.2 Å². The van der Waals surface area contributed by atoms with Gasteiger partial charge in [-0.3, -0.25) is 4.79 Å². The normalized spacial score (nSPS) is 19.0. The van der Waals surface area contributed by atoms with Gasteiger partial charge in [-0.2, -0.15) is 0 Å². The number of hydrogen-bond acceptors (Lipinski definition) is 4. The van der Waals surface area contributed by atoms with Gasteiger partial charge in [-0.1, -0.05) is 13.3 Å². The van der Waals surface area contributed by atoms with Crippen LogP contribution in [0.4, 0.5) is 0 Å². The third-order valence-electron chi connectivity index (χ3n) is 3.32. The van der Waals surface area contributed by atoms with Crippen LogP contribution in [0.5, 0.6) is 0 Å². The lowest BCUT2D eigenvalue weighted by Gasteiger charge is -2.38. The van der Waals surface area contributed by atoms with Gasteiger partial charge in [0.05, 0.1) is 7.11 Å². The van der Waals surface area contributed by atoms with Gasteiger partial charge in [-0.15, -0.1) is 0 Å². The zero-order valence-electron chi connectivity index (χ0n) is 10.8. The average molecular weight is 242 g/mol. The standard InChI is InChI=1S/C12H22N2O3/c1-9(15)14-10(11(16)17-3)7-13-8-12(2)5-4-6-12/h10,13H,4-8H2,1-3H3,(H,14,15). The number of rotatable bonds is 6. The molecule has 1 atom stereocenters. The zero-order valence-corrected chi connectivity index (χ0v) is 10.8. The molecule has 0 aromatic heterocycles. The van der Waals surface area contributed by atoms with Gasteiger partial charge in [0.1, 0.15) is 6.04 Å². The Balaban J connectivity index is 2.32. The highest BCUT2D eigenvalue weighted by atomic mass is 16.5. The van der Waals surface area contributed by atoms with Gasteiger partial charge < -0.3 is 15.4 Å². The first kappa shape index (κ1) is 14.0. The molecule has 2 N–H and O–H groups in total. The Hall–Kier alpha value is -1.10. The van der Waals surface area contributed by atoms with Crippen molar-refractivity contribution in [2.24, 2.45) is 5.41 Å². The average Bonchev–Trinajstić information content (AvgIpc) is 2.23. The molecule has 1 saturated carbocycles. The topological polar surface area (TPSA) is 67.4 Å². The van der Waals surface area contributed by atoms with Crippen molar-refractivity contribution in [3.05, 3.63) is 0 Å². The minimum Gasteiger partial charge on any atom is -0.467 e. The van der Waals surface area contributed by atoms with Crippen LogP contribution >= 0.6 is 0 Å². The summed E-state index contributed by atoms with van der Waals surface area (Å²) in [6, 6.07) is -0.596. The van der Waals surface area contributed by atoms with Crippen LogP contribution in [0.1, 0.15) is 33.1 Å². The van der Waals surface area contributed by atoms with Crippen LogP contribution < -0.4 is 10.6 Å². The fourth-order valence-corrected chi connectivity index (χ4v) is 2.06. The Morgan fingerprint density at radius 3 is 2.47 bits per heavy atom.